The first-order valence-electron chi connectivity index (χ1n) is 10.9. The molecule has 0 bridgehead atoms. The lowest BCUT2D eigenvalue weighted by molar-refractivity contribution is -0.129. The Labute approximate surface area is 217 Å². The van der Waals surface area contributed by atoms with E-state index in [0.717, 1.165) is 4.90 Å². The summed E-state index contributed by atoms with van der Waals surface area (Å²) < 4.78 is 10.8. The first-order valence-corrected chi connectivity index (χ1v) is 11.7. The third-order valence-electron chi connectivity index (χ3n) is 5.51. The van der Waals surface area contributed by atoms with Gasteiger partial charge in [0.1, 0.15) is 11.5 Å². The quantitative estimate of drug-likeness (QED) is 0.274. The second-order valence-electron chi connectivity index (χ2n) is 9.13. The molecule has 36 heavy (non-hydrogen) atoms. The lowest BCUT2D eigenvalue weighted by atomic mass is 9.91. The molecule has 7 nitrogen and oxygen atoms in total. The number of hydrogen-bond donors (Lipinski definition) is 0. The van der Waals surface area contributed by atoms with Gasteiger partial charge >= 0.3 is 5.97 Å². The van der Waals surface area contributed by atoms with Gasteiger partial charge in [0.25, 0.3) is 11.8 Å². The van der Waals surface area contributed by atoms with Crippen LogP contribution in [-0.2, 0) is 9.53 Å². The molecule has 1 aliphatic heterocycles. The van der Waals surface area contributed by atoms with Crippen LogP contribution in [0.1, 0.15) is 51.8 Å². The zero-order valence-electron chi connectivity index (χ0n) is 19.6. The number of carbonyl (C=O) groups is 4. The van der Waals surface area contributed by atoms with E-state index in [1.807, 2.05) is 0 Å². The molecule has 1 aliphatic rings. The van der Waals surface area contributed by atoms with Gasteiger partial charge in [0, 0.05) is 10.4 Å². The number of anilines is 1. The zero-order chi connectivity index (χ0) is 26.2. The standard InChI is InChI=1S/C27H21Cl2NO6/c1-27(2,3)23(31)14-35-26(34)15-4-10-19-20(12-15)25(33)30(24(19)32)17-6-8-18(9-7-17)36-22-11-5-16(28)13-21(22)29/h4-13H,14H2,1-3H3. The molecule has 0 saturated heterocycles. The monoisotopic (exact) mass is 525 g/mol. The maximum absolute atomic E-state index is 13.1. The Morgan fingerprint density at radius 3 is 2.17 bits per heavy atom. The number of hydrogen-bond acceptors (Lipinski definition) is 6. The summed E-state index contributed by atoms with van der Waals surface area (Å²) in [5, 5.41) is 0.812. The number of benzene rings is 3. The lowest BCUT2D eigenvalue weighted by Crippen LogP contribution is -2.29. The van der Waals surface area contributed by atoms with Crippen molar-refractivity contribution in [2.24, 2.45) is 5.41 Å². The largest absolute Gasteiger partial charge is 0.456 e. The van der Waals surface area contributed by atoms with Gasteiger partial charge in [-0.05, 0) is 60.7 Å². The molecule has 2 amide bonds. The molecule has 3 aromatic rings. The van der Waals surface area contributed by atoms with Crippen LogP contribution in [0, 0.1) is 5.41 Å². The van der Waals surface area contributed by atoms with Crippen LogP contribution in [0.5, 0.6) is 11.5 Å². The predicted molar refractivity (Wildman–Crippen MR) is 135 cm³/mol. The fourth-order valence-electron chi connectivity index (χ4n) is 3.38. The van der Waals surface area contributed by atoms with Gasteiger partial charge in [0.15, 0.2) is 12.4 Å². The highest BCUT2D eigenvalue weighted by molar-refractivity contribution is 6.36. The molecule has 0 unspecified atom stereocenters. The van der Waals surface area contributed by atoms with Crippen LogP contribution in [0.25, 0.3) is 0 Å². The molecule has 184 valence electrons. The van der Waals surface area contributed by atoms with Gasteiger partial charge in [-0.3, -0.25) is 14.4 Å². The fraction of sp³-hybridized carbons (Fsp3) is 0.185. The van der Waals surface area contributed by atoms with Crippen molar-refractivity contribution in [1.29, 1.82) is 0 Å². The van der Waals surface area contributed by atoms with Crippen molar-refractivity contribution in [3.63, 3.8) is 0 Å². The Morgan fingerprint density at radius 1 is 0.861 bits per heavy atom. The number of halogens is 2. The summed E-state index contributed by atoms with van der Waals surface area (Å²) in [6, 6.07) is 15.2. The smallest absolute Gasteiger partial charge is 0.338 e. The molecule has 0 aromatic heterocycles. The number of esters is 1. The van der Waals surface area contributed by atoms with E-state index in [9.17, 15) is 19.2 Å². The Hall–Kier alpha value is -3.68. The lowest BCUT2D eigenvalue weighted by Gasteiger charge is -2.16. The molecule has 0 atom stereocenters. The third kappa shape index (κ3) is 5.12. The van der Waals surface area contributed by atoms with Crippen molar-refractivity contribution in [3.05, 3.63) is 87.4 Å². The topological polar surface area (TPSA) is 90.0 Å². The van der Waals surface area contributed by atoms with E-state index in [-0.39, 0.29) is 29.1 Å². The minimum Gasteiger partial charge on any atom is -0.456 e. The van der Waals surface area contributed by atoms with E-state index < -0.39 is 23.2 Å². The summed E-state index contributed by atoms with van der Waals surface area (Å²) in [5.74, 6) is -1.25. The molecule has 4 rings (SSSR count). The second kappa shape index (κ2) is 9.76. The Morgan fingerprint density at radius 2 is 1.53 bits per heavy atom. The van der Waals surface area contributed by atoms with Crippen molar-refractivity contribution < 1.29 is 28.7 Å². The van der Waals surface area contributed by atoms with E-state index >= 15 is 0 Å². The molecule has 3 aromatic carbocycles. The van der Waals surface area contributed by atoms with Crippen LogP contribution in [0.4, 0.5) is 5.69 Å². The number of ether oxygens (including phenoxy) is 2. The number of fused-ring (bicyclic) bond motifs is 1. The maximum Gasteiger partial charge on any atom is 0.338 e. The molecule has 0 N–H and O–H groups in total. The van der Waals surface area contributed by atoms with Crippen LogP contribution < -0.4 is 9.64 Å². The van der Waals surface area contributed by atoms with E-state index in [1.54, 1.807) is 63.2 Å². The molecule has 0 aliphatic carbocycles. The number of Topliss-reactive ketones (excluding diaryl/α,β-unsaturated/α-hetero) is 1. The van der Waals surface area contributed by atoms with Crippen molar-refractivity contribution in [2.75, 3.05) is 11.5 Å². The summed E-state index contributed by atoms with van der Waals surface area (Å²) in [7, 11) is 0. The Kier molecular flexibility index (Phi) is 6.89. The number of carbonyl (C=O) groups excluding carboxylic acids is 4. The van der Waals surface area contributed by atoms with Gasteiger partial charge in [-0.2, -0.15) is 0 Å². The fourth-order valence-corrected chi connectivity index (χ4v) is 3.83. The van der Waals surface area contributed by atoms with Gasteiger partial charge in [0.05, 0.1) is 27.4 Å². The highest BCUT2D eigenvalue weighted by Gasteiger charge is 2.37. The zero-order valence-corrected chi connectivity index (χ0v) is 21.1. The number of nitrogens with zero attached hydrogens (tertiary/aromatic N) is 1. The van der Waals surface area contributed by atoms with Crippen molar-refractivity contribution in [1.82, 2.24) is 0 Å². The van der Waals surface area contributed by atoms with Gasteiger partial charge in [-0.15, -0.1) is 0 Å². The molecule has 9 heteroatoms. The highest BCUT2D eigenvalue weighted by Crippen LogP contribution is 2.34. The third-order valence-corrected chi connectivity index (χ3v) is 6.04. The molecule has 0 saturated carbocycles. The maximum atomic E-state index is 13.1. The normalized spacial score (nSPS) is 13.0. The van der Waals surface area contributed by atoms with Crippen LogP contribution in [0.2, 0.25) is 10.0 Å². The number of rotatable bonds is 6. The number of ketones is 1. The first-order chi connectivity index (χ1) is 17.0. The SMILES string of the molecule is CC(C)(C)C(=O)COC(=O)c1ccc2c(c1)C(=O)N(c1ccc(Oc3ccc(Cl)cc3Cl)cc1)C2=O. The van der Waals surface area contributed by atoms with Crippen LogP contribution in [0.15, 0.2) is 60.7 Å². The minimum absolute atomic E-state index is 0.0713. The van der Waals surface area contributed by atoms with E-state index in [4.69, 9.17) is 32.7 Å². The second-order valence-corrected chi connectivity index (χ2v) is 9.97. The molecular formula is C27H21Cl2NO6. The molecular weight excluding hydrogens is 505 g/mol. The van der Waals surface area contributed by atoms with Gasteiger partial charge < -0.3 is 9.47 Å². The summed E-state index contributed by atoms with van der Waals surface area (Å²) >= 11 is 12.0. The van der Waals surface area contributed by atoms with Gasteiger partial charge in [-0.1, -0.05) is 44.0 Å². The summed E-state index contributed by atoms with van der Waals surface area (Å²) in [6.45, 7) is 4.79. The van der Waals surface area contributed by atoms with Crippen LogP contribution in [0.3, 0.4) is 0 Å². The summed E-state index contributed by atoms with van der Waals surface area (Å²) in [5.41, 5.74) is -0.0128. The van der Waals surface area contributed by atoms with Gasteiger partial charge in [-0.25, -0.2) is 9.69 Å². The number of imide groups is 1. The number of amides is 2. The predicted octanol–water partition coefficient (Wildman–Crippen LogP) is 6.36. The van der Waals surface area contributed by atoms with Crippen molar-refractivity contribution >= 4 is 52.5 Å². The molecule has 0 fully saturated rings. The average Bonchev–Trinajstić information content (AvgIpc) is 3.08. The van der Waals surface area contributed by atoms with E-state index in [2.05, 4.69) is 0 Å². The molecule has 0 spiro atoms. The summed E-state index contributed by atoms with van der Waals surface area (Å²) in [6.07, 6.45) is 0. The molecule has 0 radical (unpaired) electrons. The van der Waals surface area contributed by atoms with Gasteiger partial charge in [0.2, 0.25) is 0 Å². The van der Waals surface area contributed by atoms with Crippen molar-refractivity contribution in [2.45, 2.75) is 20.8 Å². The van der Waals surface area contributed by atoms with E-state index in [0.29, 0.717) is 27.2 Å². The van der Waals surface area contributed by atoms with E-state index in [1.165, 1.54) is 18.2 Å². The first kappa shape index (κ1) is 25.4. The Balaban J connectivity index is 1.50. The minimum atomic E-state index is -0.753. The Bertz CT molecular complexity index is 1390. The van der Waals surface area contributed by atoms with Crippen molar-refractivity contribution in [3.8, 4) is 11.5 Å². The highest BCUT2D eigenvalue weighted by atomic mass is 35.5. The molecule has 1 heterocycles. The average molecular weight is 526 g/mol. The van der Waals surface area contributed by atoms with Crippen LogP contribution >= 0.6 is 23.2 Å². The summed E-state index contributed by atoms with van der Waals surface area (Å²) in [4.78, 5) is 51.5. The van der Waals surface area contributed by atoms with Crippen LogP contribution in [-0.4, -0.2) is 30.2 Å².